The van der Waals surface area contributed by atoms with Gasteiger partial charge in [0, 0.05) is 7.05 Å². The summed E-state index contributed by atoms with van der Waals surface area (Å²) in [6, 6.07) is 2.45. The Labute approximate surface area is 115 Å². The number of carbonyl (C=O) groups is 3. The van der Waals surface area contributed by atoms with Crippen molar-refractivity contribution in [3.63, 3.8) is 0 Å². The summed E-state index contributed by atoms with van der Waals surface area (Å²) in [5, 5.41) is 12.6. The molecule has 1 unspecified atom stereocenters. The van der Waals surface area contributed by atoms with E-state index in [0.29, 0.717) is 12.2 Å². The van der Waals surface area contributed by atoms with E-state index in [-0.39, 0.29) is 12.2 Å². The Hall–Kier alpha value is -2.51. The molecular weight excluding hydrogens is 262 g/mol. The topological polar surface area (TPSA) is 104 Å². The number of rotatable bonds is 3. The van der Waals surface area contributed by atoms with Crippen molar-refractivity contribution in [2.24, 2.45) is 0 Å². The first-order valence-corrected chi connectivity index (χ1v) is 6.23. The minimum absolute atomic E-state index is 0.102. The Morgan fingerprint density at radius 2 is 2.20 bits per heavy atom. The molecular formula is C12H15N5O3. The molecule has 8 nitrogen and oxygen atoms in total. The van der Waals surface area contributed by atoms with E-state index in [1.165, 1.54) is 11.0 Å². The zero-order valence-corrected chi connectivity index (χ0v) is 11.2. The maximum Gasteiger partial charge on any atom is 0.275 e. The lowest BCUT2D eigenvalue weighted by Crippen LogP contribution is -2.59. The zero-order valence-electron chi connectivity index (χ0n) is 11.2. The quantitative estimate of drug-likeness (QED) is 0.715. The number of carbonyl (C=O) groups excluding carboxylic acids is 3. The Balaban J connectivity index is 2.24. The van der Waals surface area contributed by atoms with Crippen molar-refractivity contribution >= 4 is 23.5 Å². The van der Waals surface area contributed by atoms with Crippen LogP contribution >= 0.6 is 0 Å². The number of imide groups is 1. The first-order valence-electron chi connectivity index (χ1n) is 6.23. The predicted molar refractivity (Wildman–Crippen MR) is 69.8 cm³/mol. The summed E-state index contributed by atoms with van der Waals surface area (Å²) >= 11 is 0. The van der Waals surface area contributed by atoms with Gasteiger partial charge in [0.05, 0.1) is 0 Å². The van der Waals surface area contributed by atoms with Gasteiger partial charge < -0.3 is 10.2 Å². The maximum atomic E-state index is 12.3. The molecule has 0 aromatic carbocycles. The molecule has 0 saturated carbocycles. The lowest BCUT2D eigenvalue weighted by molar-refractivity contribution is -0.138. The number of amides is 3. The number of anilines is 1. The number of hydrogen-bond acceptors (Lipinski definition) is 6. The van der Waals surface area contributed by atoms with Gasteiger partial charge in [0.2, 0.25) is 11.8 Å². The van der Waals surface area contributed by atoms with Gasteiger partial charge in [0.25, 0.3) is 5.91 Å². The van der Waals surface area contributed by atoms with Crippen LogP contribution in [0.1, 0.15) is 23.8 Å². The van der Waals surface area contributed by atoms with Crippen molar-refractivity contribution in [3.05, 3.63) is 17.8 Å². The van der Waals surface area contributed by atoms with Crippen LogP contribution in [0.2, 0.25) is 0 Å². The summed E-state index contributed by atoms with van der Waals surface area (Å²) in [6.07, 6.45) is 0.423. The molecule has 1 aliphatic rings. The highest BCUT2D eigenvalue weighted by Crippen LogP contribution is 2.13. The van der Waals surface area contributed by atoms with Crippen LogP contribution in [0, 0.1) is 0 Å². The molecule has 0 radical (unpaired) electrons. The monoisotopic (exact) mass is 277 g/mol. The first-order chi connectivity index (χ1) is 9.56. The molecule has 1 aliphatic heterocycles. The second kappa shape index (κ2) is 5.64. The van der Waals surface area contributed by atoms with Gasteiger partial charge in [-0.3, -0.25) is 19.7 Å². The van der Waals surface area contributed by atoms with Crippen molar-refractivity contribution < 1.29 is 14.4 Å². The van der Waals surface area contributed by atoms with E-state index < -0.39 is 23.8 Å². The fourth-order valence-corrected chi connectivity index (χ4v) is 2.01. The molecule has 0 aliphatic carbocycles. The van der Waals surface area contributed by atoms with Crippen LogP contribution in [0.3, 0.4) is 0 Å². The molecule has 1 aromatic heterocycles. The van der Waals surface area contributed by atoms with Crippen molar-refractivity contribution in [2.45, 2.75) is 19.4 Å². The van der Waals surface area contributed by atoms with Gasteiger partial charge in [-0.1, -0.05) is 6.92 Å². The highest BCUT2D eigenvalue weighted by Gasteiger charge is 2.36. The van der Waals surface area contributed by atoms with Crippen LogP contribution in [0.4, 0.5) is 5.82 Å². The van der Waals surface area contributed by atoms with Crippen LogP contribution in [-0.2, 0) is 9.59 Å². The fraction of sp³-hybridized carbons (Fsp3) is 0.417. The van der Waals surface area contributed by atoms with Gasteiger partial charge in [-0.05, 0) is 18.6 Å². The SMILES string of the molecule is CCC1C(=O)NC(=O)CN1C(=O)c1ccc(NC)nn1. The third-order valence-electron chi connectivity index (χ3n) is 3.04. The lowest BCUT2D eigenvalue weighted by Gasteiger charge is -2.32. The Morgan fingerprint density at radius 1 is 1.45 bits per heavy atom. The number of nitrogens with zero attached hydrogens (tertiary/aromatic N) is 3. The molecule has 8 heteroatoms. The van der Waals surface area contributed by atoms with E-state index >= 15 is 0 Å². The van der Waals surface area contributed by atoms with E-state index in [9.17, 15) is 14.4 Å². The molecule has 0 bridgehead atoms. The predicted octanol–water partition coefficient (Wildman–Crippen LogP) is -0.604. The molecule has 1 atom stereocenters. The number of nitrogens with one attached hydrogen (secondary N) is 2. The zero-order chi connectivity index (χ0) is 14.7. The molecule has 3 amide bonds. The molecule has 2 heterocycles. The highest BCUT2D eigenvalue weighted by molar-refractivity contribution is 6.06. The summed E-state index contributed by atoms with van der Waals surface area (Å²) in [7, 11) is 1.69. The summed E-state index contributed by atoms with van der Waals surface area (Å²) in [6.45, 7) is 1.62. The van der Waals surface area contributed by atoms with Gasteiger partial charge in [-0.25, -0.2) is 0 Å². The normalized spacial score (nSPS) is 18.7. The van der Waals surface area contributed by atoms with E-state index in [1.54, 1.807) is 20.0 Å². The molecule has 1 fully saturated rings. The Bertz CT molecular complexity index is 543. The van der Waals surface area contributed by atoms with Crippen LogP contribution in [0.15, 0.2) is 12.1 Å². The minimum Gasteiger partial charge on any atom is -0.372 e. The number of piperazine rings is 1. The smallest absolute Gasteiger partial charge is 0.275 e. The molecule has 20 heavy (non-hydrogen) atoms. The van der Waals surface area contributed by atoms with Gasteiger partial charge in [-0.15, -0.1) is 10.2 Å². The van der Waals surface area contributed by atoms with E-state index in [1.807, 2.05) is 0 Å². The molecule has 1 saturated heterocycles. The van der Waals surface area contributed by atoms with Gasteiger partial charge >= 0.3 is 0 Å². The highest BCUT2D eigenvalue weighted by atomic mass is 16.2. The van der Waals surface area contributed by atoms with Crippen molar-refractivity contribution in [1.82, 2.24) is 20.4 Å². The second-order valence-electron chi connectivity index (χ2n) is 4.32. The van der Waals surface area contributed by atoms with Crippen molar-refractivity contribution in [2.75, 3.05) is 18.9 Å². The standard InChI is InChI=1S/C12H15N5O3/c1-3-8-11(19)14-10(18)6-17(8)12(20)7-4-5-9(13-2)16-15-7/h4-5,8H,3,6H2,1-2H3,(H,13,16)(H,14,18,19). The molecule has 106 valence electrons. The Kier molecular flexibility index (Phi) is 3.92. The largest absolute Gasteiger partial charge is 0.372 e. The number of aromatic nitrogens is 2. The molecule has 1 aromatic rings. The summed E-state index contributed by atoms with van der Waals surface area (Å²) in [4.78, 5) is 36.7. The van der Waals surface area contributed by atoms with Crippen LogP contribution in [0.5, 0.6) is 0 Å². The van der Waals surface area contributed by atoms with Gasteiger partial charge in [0.15, 0.2) is 5.69 Å². The number of hydrogen-bond donors (Lipinski definition) is 2. The van der Waals surface area contributed by atoms with Crippen LogP contribution in [-0.4, -0.2) is 52.5 Å². The average Bonchev–Trinajstić information content (AvgIpc) is 2.46. The minimum atomic E-state index is -0.661. The van der Waals surface area contributed by atoms with Gasteiger partial charge in [0.1, 0.15) is 18.4 Å². The molecule has 2 N–H and O–H groups in total. The lowest BCUT2D eigenvalue weighted by atomic mass is 10.1. The molecule has 0 spiro atoms. The molecule has 2 rings (SSSR count). The maximum absolute atomic E-state index is 12.3. The third kappa shape index (κ3) is 2.58. The third-order valence-corrected chi connectivity index (χ3v) is 3.04. The first kappa shape index (κ1) is 13.9. The van der Waals surface area contributed by atoms with E-state index in [0.717, 1.165) is 0 Å². The van der Waals surface area contributed by atoms with Crippen LogP contribution < -0.4 is 10.6 Å². The van der Waals surface area contributed by atoms with Crippen molar-refractivity contribution in [1.29, 1.82) is 0 Å². The fourth-order valence-electron chi connectivity index (χ4n) is 2.01. The van der Waals surface area contributed by atoms with Crippen LogP contribution in [0.25, 0.3) is 0 Å². The summed E-state index contributed by atoms with van der Waals surface area (Å²) < 4.78 is 0. The van der Waals surface area contributed by atoms with Gasteiger partial charge in [-0.2, -0.15) is 0 Å². The second-order valence-corrected chi connectivity index (χ2v) is 4.32. The Morgan fingerprint density at radius 3 is 2.75 bits per heavy atom. The van der Waals surface area contributed by atoms with E-state index in [2.05, 4.69) is 20.8 Å². The summed E-state index contributed by atoms with van der Waals surface area (Å²) in [5.74, 6) is -0.902. The van der Waals surface area contributed by atoms with E-state index in [4.69, 9.17) is 0 Å². The average molecular weight is 277 g/mol. The summed E-state index contributed by atoms with van der Waals surface area (Å²) in [5.41, 5.74) is 0.102. The van der Waals surface area contributed by atoms with Crippen molar-refractivity contribution in [3.8, 4) is 0 Å².